The van der Waals surface area contributed by atoms with Gasteiger partial charge in [0.05, 0.1) is 4.34 Å². The lowest BCUT2D eigenvalue weighted by molar-refractivity contribution is 0.622. The number of hydrogen-bond donors (Lipinski definition) is 1. The molecule has 0 fully saturated rings. The van der Waals surface area contributed by atoms with E-state index in [-0.39, 0.29) is 0 Å². The third kappa shape index (κ3) is 6.46. The summed E-state index contributed by atoms with van der Waals surface area (Å²) in [5.74, 6) is 1.29. The standard InChI is InChI=1S/C11H18ClNS2/c1-14-8-4-2-3-7-13-9-10-5-6-11(12)15-10/h5-6,13H,2-4,7-9H2,1H3. The van der Waals surface area contributed by atoms with Crippen LogP contribution in [0, 0.1) is 0 Å². The van der Waals surface area contributed by atoms with E-state index in [1.807, 2.05) is 17.8 Å². The molecule has 1 heterocycles. The molecule has 4 heteroatoms. The minimum Gasteiger partial charge on any atom is -0.312 e. The van der Waals surface area contributed by atoms with E-state index in [2.05, 4.69) is 17.6 Å². The summed E-state index contributed by atoms with van der Waals surface area (Å²) in [4.78, 5) is 1.32. The summed E-state index contributed by atoms with van der Waals surface area (Å²) in [5, 5.41) is 3.44. The summed E-state index contributed by atoms with van der Waals surface area (Å²) in [6.07, 6.45) is 6.12. The van der Waals surface area contributed by atoms with Gasteiger partial charge in [0, 0.05) is 11.4 Å². The second-order valence-corrected chi connectivity index (χ2v) is 6.22. The lowest BCUT2D eigenvalue weighted by atomic mass is 10.2. The second-order valence-electron chi connectivity index (χ2n) is 3.44. The zero-order valence-corrected chi connectivity index (χ0v) is 11.5. The summed E-state index contributed by atoms with van der Waals surface area (Å²) < 4.78 is 0.881. The maximum absolute atomic E-state index is 5.85. The van der Waals surface area contributed by atoms with E-state index in [0.29, 0.717) is 0 Å². The van der Waals surface area contributed by atoms with Crippen molar-refractivity contribution in [1.29, 1.82) is 0 Å². The second kappa shape index (κ2) is 8.45. The van der Waals surface area contributed by atoms with Crippen molar-refractivity contribution in [3.63, 3.8) is 0 Å². The lowest BCUT2D eigenvalue weighted by Crippen LogP contribution is -2.13. The van der Waals surface area contributed by atoms with Crippen molar-refractivity contribution in [3.05, 3.63) is 21.3 Å². The van der Waals surface area contributed by atoms with Gasteiger partial charge < -0.3 is 5.32 Å². The summed E-state index contributed by atoms with van der Waals surface area (Å²) in [7, 11) is 0. The molecule has 1 aromatic heterocycles. The van der Waals surface area contributed by atoms with Crippen molar-refractivity contribution in [2.24, 2.45) is 0 Å². The van der Waals surface area contributed by atoms with Crippen LogP contribution in [0.3, 0.4) is 0 Å². The van der Waals surface area contributed by atoms with Gasteiger partial charge in [0.2, 0.25) is 0 Å². The predicted molar refractivity (Wildman–Crippen MR) is 73.3 cm³/mol. The monoisotopic (exact) mass is 263 g/mol. The fourth-order valence-electron chi connectivity index (χ4n) is 1.33. The molecular formula is C11H18ClNS2. The van der Waals surface area contributed by atoms with Crippen LogP contribution in [-0.2, 0) is 6.54 Å². The smallest absolute Gasteiger partial charge is 0.0931 e. The van der Waals surface area contributed by atoms with E-state index >= 15 is 0 Å². The van der Waals surface area contributed by atoms with Gasteiger partial charge in [0.1, 0.15) is 0 Å². The maximum atomic E-state index is 5.85. The number of halogens is 1. The molecule has 0 aromatic carbocycles. The van der Waals surface area contributed by atoms with Crippen LogP contribution in [0.15, 0.2) is 12.1 Å². The molecule has 0 saturated carbocycles. The number of thiophene rings is 1. The Morgan fingerprint density at radius 2 is 2.20 bits per heavy atom. The van der Waals surface area contributed by atoms with Gasteiger partial charge >= 0.3 is 0 Å². The summed E-state index contributed by atoms with van der Waals surface area (Å²) in [6.45, 7) is 2.07. The van der Waals surface area contributed by atoms with Crippen LogP contribution in [0.4, 0.5) is 0 Å². The Labute approximate surface area is 106 Å². The molecule has 0 radical (unpaired) electrons. The van der Waals surface area contributed by atoms with Crippen LogP contribution < -0.4 is 5.32 Å². The molecule has 1 aromatic rings. The maximum Gasteiger partial charge on any atom is 0.0931 e. The molecule has 0 bridgehead atoms. The van der Waals surface area contributed by atoms with Gasteiger partial charge in [-0.05, 0) is 43.5 Å². The third-order valence-electron chi connectivity index (χ3n) is 2.13. The van der Waals surface area contributed by atoms with Gasteiger partial charge in [-0.15, -0.1) is 11.3 Å². The minimum absolute atomic E-state index is 0.881. The number of hydrogen-bond acceptors (Lipinski definition) is 3. The van der Waals surface area contributed by atoms with Gasteiger partial charge in [-0.1, -0.05) is 18.0 Å². The fraction of sp³-hybridized carbons (Fsp3) is 0.636. The molecule has 0 spiro atoms. The van der Waals surface area contributed by atoms with E-state index in [1.54, 1.807) is 11.3 Å². The Hall–Kier alpha value is 0.300. The fourth-order valence-corrected chi connectivity index (χ4v) is 2.88. The molecule has 0 aliphatic heterocycles. The van der Waals surface area contributed by atoms with Crippen LogP contribution in [0.5, 0.6) is 0 Å². The van der Waals surface area contributed by atoms with E-state index in [0.717, 1.165) is 17.4 Å². The zero-order valence-electron chi connectivity index (χ0n) is 9.09. The van der Waals surface area contributed by atoms with E-state index in [1.165, 1.54) is 29.9 Å². The van der Waals surface area contributed by atoms with Crippen molar-refractivity contribution in [2.45, 2.75) is 25.8 Å². The molecule has 0 amide bonds. The van der Waals surface area contributed by atoms with Gasteiger partial charge in [-0.25, -0.2) is 0 Å². The normalized spacial score (nSPS) is 10.8. The molecule has 86 valence electrons. The summed E-state index contributed by atoms with van der Waals surface area (Å²) >= 11 is 9.44. The van der Waals surface area contributed by atoms with Crippen molar-refractivity contribution in [2.75, 3.05) is 18.6 Å². The molecule has 1 nitrogen and oxygen atoms in total. The Kier molecular flexibility index (Phi) is 7.53. The largest absolute Gasteiger partial charge is 0.312 e. The van der Waals surface area contributed by atoms with E-state index in [9.17, 15) is 0 Å². The quantitative estimate of drug-likeness (QED) is 0.711. The first-order chi connectivity index (χ1) is 7.33. The topological polar surface area (TPSA) is 12.0 Å². The van der Waals surface area contributed by atoms with Crippen LogP contribution in [0.2, 0.25) is 4.34 Å². The van der Waals surface area contributed by atoms with E-state index in [4.69, 9.17) is 11.6 Å². The Morgan fingerprint density at radius 3 is 2.87 bits per heavy atom. The van der Waals surface area contributed by atoms with Gasteiger partial charge in [-0.3, -0.25) is 0 Å². The first-order valence-corrected chi connectivity index (χ1v) is 7.85. The Balaban J connectivity index is 1.93. The highest BCUT2D eigenvalue weighted by molar-refractivity contribution is 7.98. The minimum atomic E-state index is 0.881. The highest BCUT2D eigenvalue weighted by atomic mass is 35.5. The zero-order chi connectivity index (χ0) is 10.9. The van der Waals surface area contributed by atoms with Crippen LogP contribution in [-0.4, -0.2) is 18.6 Å². The number of nitrogens with one attached hydrogen (secondary N) is 1. The van der Waals surface area contributed by atoms with Gasteiger partial charge in [0.25, 0.3) is 0 Å². The molecule has 0 aliphatic rings. The summed E-state index contributed by atoms with van der Waals surface area (Å²) in [6, 6.07) is 4.05. The van der Waals surface area contributed by atoms with Crippen molar-refractivity contribution in [3.8, 4) is 0 Å². The average Bonchev–Trinajstić information content (AvgIpc) is 2.63. The van der Waals surface area contributed by atoms with Crippen LogP contribution in [0.25, 0.3) is 0 Å². The van der Waals surface area contributed by atoms with E-state index < -0.39 is 0 Å². The first kappa shape index (κ1) is 13.4. The van der Waals surface area contributed by atoms with Gasteiger partial charge in [0.15, 0.2) is 0 Å². The highest BCUT2D eigenvalue weighted by Crippen LogP contribution is 2.20. The number of thioether (sulfide) groups is 1. The average molecular weight is 264 g/mol. The van der Waals surface area contributed by atoms with Crippen LogP contribution in [0.1, 0.15) is 24.1 Å². The Bertz CT molecular complexity index is 263. The molecular weight excluding hydrogens is 246 g/mol. The number of unbranched alkanes of at least 4 members (excludes halogenated alkanes) is 2. The molecule has 0 saturated heterocycles. The first-order valence-electron chi connectivity index (χ1n) is 5.27. The van der Waals surface area contributed by atoms with Crippen LogP contribution >= 0.6 is 34.7 Å². The predicted octanol–water partition coefficient (Wildman–Crippen LogP) is 4.02. The van der Waals surface area contributed by atoms with Crippen molar-refractivity contribution < 1.29 is 0 Å². The molecule has 1 rings (SSSR count). The molecule has 0 atom stereocenters. The molecule has 1 N–H and O–H groups in total. The summed E-state index contributed by atoms with van der Waals surface area (Å²) in [5.41, 5.74) is 0. The van der Waals surface area contributed by atoms with Crippen molar-refractivity contribution >= 4 is 34.7 Å². The molecule has 0 aliphatic carbocycles. The SMILES string of the molecule is CSCCCCCNCc1ccc(Cl)s1. The molecule has 0 unspecified atom stereocenters. The van der Waals surface area contributed by atoms with Gasteiger partial charge in [-0.2, -0.15) is 11.8 Å². The lowest BCUT2D eigenvalue weighted by Gasteiger charge is -2.02. The molecule has 15 heavy (non-hydrogen) atoms. The number of rotatable bonds is 8. The third-order valence-corrected chi connectivity index (χ3v) is 4.06. The highest BCUT2D eigenvalue weighted by Gasteiger charge is 1.96. The van der Waals surface area contributed by atoms with Crippen molar-refractivity contribution in [1.82, 2.24) is 5.32 Å². The Morgan fingerprint density at radius 1 is 1.33 bits per heavy atom.